The van der Waals surface area contributed by atoms with Gasteiger partial charge in [-0.3, -0.25) is 4.79 Å². The molecular formula is C16H15FO2. The second kappa shape index (κ2) is 6.14. The number of ether oxygens (including phenoxy) is 1. The highest BCUT2D eigenvalue weighted by Crippen LogP contribution is 2.12. The summed E-state index contributed by atoms with van der Waals surface area (Å²) in [5.41, 5.74) is 1.82. The predicted octanol–water partition coefficient (Wildman–Crippen LogP) is 3.65. The average molecular weight is 258 g/mol. The van der Waals surface area contributed by atoms with Gasteiger partial charge < -0.3 is 4.74 Å². The molecule has 0 aliphatic carbocycles. The third kappa shape index (κ3) is 3.65. The topological polar surface area (TPSA) is 26.3 Å². The Balaban J connectivity index is 1.95. The number of Topliss-reactive ketones (excluding diaryl/α,β-unsaturated/α-hetero) is 1. The zero-order valence-electron chi connectivity index (χ0n) is 10.7. The molecule has 2 nitrogen and oxygen atoms in total. The standard InChI is InChI=1S/C16H15FO2/c1-2-12-3-5-13(6-4-12)16(18)11-19-15-9-7-14(17)8-10-15/h3-10H,2,11H2,1H3. The molecule has 2 aromatic carbocycles. The number of rotatable bonds is 5. The highest BCUT2D eigenvalue weighted by molar-refractivity contribution is 5.97. The fraction of sp³-hybridized carbons (Fsp3) is 0.188. The third-order valence-electron chi connectivity index (χ3n) is 2.87. The van der Waals surface area contributed by atoms with Crippen LogP contribution in [0.2, 0.25) is 0 Å². The number of hydrogen-bond acceptors (Lipinski definition) is 2. The Kier molecular flexibility index (Phi) is 4.29. The van der Waals surface area contributed by atoms with E-state index >= 15 is 0 Å². The van der Waals surface area contributed by atoms with Crippen molar-refractivity contribution >= 4 is 5.78 Å². The van der Waals surface area contributed by atoms with Crippen molar-refractivity contribution in [1.29, 1.82) is 0 Å². The van der Waals surface area contributed by atoms with Crippen LogP contribution < -0.4 is 4.74 Å². The van der Waals surface area contributed by atoms with Crippen molar-refractivity contribution in [2.75, 3.05) is 6.61 Å². The second-order valence-corrected chi connectivity index (χ2v) is 4.22. The Morgan fingerprint density at radius 3 is 2.26 bits per heavy atom. The summed E-state index contributed by atoms with van der Waals surface area (Å²) in [6.45, 7) is 2.02. The van der Waals surface area contributed by atoms with Gasteiger partial charge in [0.25, 0.3) is 0 Å². The molecule has 0 heterocycles. The van der Waals surface area contributed by atoms with Crippen LogP contribution in [0.4, 0.5) is 4.39 Å². The Hall–Kier alpha value is -2.16. The number of halogens is 1. The normalized spacial score (nSPS) is 10.2. The lowest BCUT2D eigenvalue weighted by Gasteiger charge is -2.06. The van der Waals surface area contributed by atoms with Crippen molar-refractivity contribution in [1.82, 2.24) is 0 Å². The van der Waals surface area contributed by atoms with Crippen LogP contribution in [0.1, 0.15) is 22.8 Å². The van der Waals surface area contributed by atoms with E-state index in [4.69, 9.17) is 4.74 Å². The van der Waals surface area contributed by atoms with Crippen molar-refractivity contribution in [3.63, 3.8) is 0 Å². The predicted molar refractivity (Wildman–Crippen MR) is 72.0 cm³/mol. The Bertz CT molecular complexity index is 544. The maximum atomic E-state index is 12.7. The van der Waals surface area contributed by atoms with Crippen LogP contribution in [0.15, 0.2) is 48.5 Å². The summed E-state index contributed by atoms with van der Waals surface area (Å²) in [6, 6.07) is 13.1. The van der Waals surface area contributed by atoms with Gasteiger partial charge >= 0.3 is 0 Å². The molecule has 0 unspecified atom stereocenters. The van der Waals surface area contributed by atoms with Crippen molar-refractivity contribution < 1.29 is 13.9 Å². The number of hydrogen-bond donors (Lipinski definition) is 0. The molecule has 0 bridgehead atoms. The number of aryl methyl sites for hydroxylation is 1. The van der Waals surface area contributed by atoms with E-state index in [1.807, 2.05) is 12.1 Å². The summed E-state index contributed by atoms with van der Waals surface area (Å²) in [7, 11) is 0. The van der Waals surface area contributed by atoms with Gasteiger partial charge in [0.15, 0.2) is 12.4 Å². The van der Waals surface area contributed by atoms with Gasteiger partial charge in [-0.1, -0.05) is 31.2 Å². The Labute approximate surface area is 111 Å². The summed E-state index contributed by atoms with van der Waals surface area (Å²) in [5.74, 6) is 0.0701. The van der Waals surface area contributed by atoms with Crippen LogP contribution in [0.25, 0.3) is 0 Å². The van der Waals surface area contributed by atoms with E-state index in [0.717, 1.165) is 6.42 Å². The smallest absolute Gasteiger partial charge is 0.200 e. The highest BCUT2D eigenvalue weighted by Gasteiger charge is 2.06. The van der Waals surface area contributed by atoms with E-state index < -0.39 is 0 Å². The SMILES string of the molecule is CCc1ccc(C(=O)COc2ccc(F)cc2)cc1. The first kappa shape index (κ1) is 13.3. The molecule has 0 aliphatic rings. The fourth-order valence-corrected chi connectivity index (χ4v) is 1.69. The number of benzene rings is 2. The third-order valence-corrected chi connectivity index (χ3v) is 2.87. The molecule has 0 radical (unpaired) electrons. The van der Waals surface area contributed by atoms with Gasteiger partial charge in [0, 0.05) is 5.56 Å². The van der Waals surface area contributed by atoms with Crippen LogP contribution in [0.5, 0.6) is 5.75 Å². The average Bonchev–Trinajstić information content (AvgIpc) is 2.46. The molecular weight excluding hydrogens is 243 g/mol. The number of ketones is 1. The molecule has 2 rings (SSSR count). The first-order valence-electron chi connectivity index (χ1n) is 6.19. The molecule has 2 aromatic rings. The largest absolute Gasteiger partial charge is 0.485 e. The first-order chi connectivity index (χ1) is 9.19. The van der Waals surface area contributed by atoms with Gasteiger partial charge in [0.2, 0.25) is 0 Å². The lowest BCUT2D eigenvalue weighted by molar-refractivity contribution is 0.0921. The minimum absolute atomic E-state index is 0.0445. The van der Waals surface area contributed by atoms with Crippen molar-refractivity contribution in [3.05, 3.63) is 65.5 Å². The molecule has 0 atom stereocenters. The van der Waals surface area contributed by atoms with Crippen molar-refractivity contribution in [2.45, 2.75) is 13.3 Å². The number of carbonyl (C=O) groups excluding carboxylic acids is 1. The fourth-order valence-electron chi connectivity index (χ4n) is 1.69. The monoisotopic (exact) mass is 258 g/mol. The quantitative estimate of drug-likeness (QED) is 0.765. The second-order valence-electron chi connectivity index (χ2n) is 4.22. The van der Waals surface area contributed by atoms with E-state index in [-0.39, 0.29) is 18.2 Å². The lowest BCUT2D eigenvalue weighted by Crippen LogP contribution is -2.11. The van der Waals surface area contributed by atoms with E-state index in [1.54, 1.807) is 12.1 Å². The van der Waals surface area contributed by atoms with Crippen LogP contribution in [0, 0.1) is 5.82 Å². The van der Waals surface area contributed by atoms with Gasteiger partial charge in [-0.25, -0.2) is 4.39 Å². The maximum absolute atomic E-state index is 12.7. The first-order valence-corrected chi connectivity index (χ1v) is 6.19. The van der Waals surface area contributed by atoms with E-state index in [2.05, 4.69) is 6.92 Å². The zero-order chi connectivity index (χ0) is 13.7. The van der Waals surface area contributed by atoms with Gasteiger partial charge in [0.1, 0.15) is 11.6 Å². The maximum Gasteiger partial charge on any atom is 0.200 e. The van der Waals surface area contributed by atoms with Gasteiger partial charge in [-0.2, -0.15) is 0 Å². The van der Waals surface area contributed by atoms with Crippen LogP contribution in [-0.4, -0.2) is 12.4 Å². The van der Waals surface area contributed by atoms with Crippen molar-refractivity contribution in [3.8, 4) is 5.75 Å². The van der Waals surface area contributed by atoms with Gasteiger partial charge in [-0.15, -0.1) is 0 Å². The molecule has 0 saturated carbocycles. The minimum Gasteiger partial charge on any atom is -0.485 e. The Morgan fingerprint density at radius 2 is 1.68 bits per heavy atom. The number of carbonyl (C=O) groups is 1. The van der Waals surface area contributed by atoms with E-state index in [0.29, 0.717) is 11.3 Å². The molecule has 0 amide bonds. The molecule has 0 aromatic heterocycles. The summed E-state index contributed by atoms with van der Waals surface area (Å²) in [4.78, 5) is 11.9. The minimum atomic E-state index is -0.325. The van der Waals surface area contributed by atoms with Gasteiger partial charge in [-0.05, 0) is 36.2 Å². The molecule has 0 fully saturated rings. The molecule has 3 heteroatoms. The zero-order valence-corrected chi connectivity index (χ0v) is 10.7. The summed E-state index contributed by atoms with van der Waals surface area (Å²) in [6.07, 6.45) is 0.945. The molecule has 0 spiro atoms. The Morgan fingerprint density at radius 1 is 1.05 bits per heavy atom. The molecule has 0 saturated heterocycles. The van der Waals surface area contributed by atoms with E-state index in [1.165, 1.54) is 29.8 Å². The highest BCUT2D eigenvalue weighted by atomic mass is 19.1. The van der Waals surface area contributed by atoms with Crippen LogP contribution >= 0.6 is 0 Å². The summed E-state index contributed by atoms with van der Waals surface area (Å²) >= 11 is 0. The van der Waals surface area contributed by atoms with Crippen LogP contribution in [0.3, 0.4) is 0 Å². The summed E-state index contributed by atoms with van der Waals surface area (Å²) in [5, 5.41) is 0. The molecule has 0 aliphatic heterocycles. The van der Waals surface area contributed by atoms with Gasteiger partial charge in [0.05, 0.1) is 0 Å². The molecule has 98 valence electrons. The summed E-state index contributed by atoms with van der Waals surface area (Å²) < 4.78 is 18.0. The van der Waals surface area contributed by atoms with E-state index in [9.17, 15) is 9.18 Å². The molecule has 19 heavy (non-hydrogen) atoms. The van der Waals surface area contributed by atoms with Crippen molar-refractivity contribution in [2.24, 2.45) is 0 Å². The lowest BCUT2D eigenvalue weighted by atomic mass is 10.1. The van der Waals surface area contributed by atoms with Crippen LogP contribution in [-0.2, 0) is 6.42 Å². The molecule has 0 N–H and O–H groups in total.